The molecule has 0 spiro atoms. The van der Waals surface area contributed by atoms with E-state index in [0.29, 0.717) is 11.3 Å². The van der Waals surface area contributed by atoms with Crippen molar-refractivity contribution in [3.05, 3.63) is 65.5 Å². The van der Waals surface area contributed by atoms with Crippen LogP contribution in [0.1, 0.15) is 15.9 Å². The predicted molar refractivity (Wildman–Crippen MR) is 81.0 cm³/mol. The van der Waals surface area contributed by atoms with Crippen LogP contribution in [0.4, 0.5) is 4.39 Å². The molecule has 0 saturated heterocycles. The molecule has 2 aromatic rings. The van der Waals surface area contributed by atoms with Crippen LogP contribution in [0.2, 0.25) is 0 Å². The minimum absolute atomic E-state index is 0.263. The summed E-state index contributed by atoms with van der Waals surface area (Å²) in [6.45, 7) is -0.479. The second-order valence-corrected chi connectivity index (χ2v) is 4.43. The maximum Gasteiger partial charge on any atom is 0.341 e. The molecule has 0 bridgehead atoms. The van der Waals surface area contributed by atoms with Crippen LogP contribution in [0.25, 0.3) is 0 Å². The van der Waals surface area contributed by atoms with Crippen LogP contribution in [-0.4, -0.2) is 29.8 Å². The molecule has 1 amide bonds. The van der Waals surface area contributed by atoms with Crippen molar-refractivity contribution >= 4 is 18.1 Å². The Bertz CT molecular complexity index is 729. The van der Waals surface area contributed by atoms with Crippen LogP contribution in [-0.2, 0) is 4.79 Å². The number of amides is 1. The standard InChI is InChI=1S/C16H13FN2O4/c17-13-7-5-11(6-8-13)16(22)19-18-9-12-3-1-2-4-14(12)23-10-15(20)21/h1-9H,10H2,(H,19,22)(H,20,21)/b18-9+. The normalized spacial score (nSPS) is 10.5. The van der Waals surface area contributed by atoms with Gasteiger partial charge in [-0.25, -0.2) is 14.6 Å². The van der Waals surface area contributed by atoms with Crippen molar-refractivity contribution in [3.8, 4) is 5.75 Å². The molecule has 2 rings (SSSR count). The number of carbonyl (C=O) groups is 2. The van der Waals surface area contributed by atoms with Crippen molar-refractivity contribution in [1.82, 2.24) is 5.43 Å². The maximum atomic E-state index is 12.8. The largest absolute Gasteiger partial charge is 0.481 e. The number of benzene rings is 2. The molecule has 0 aliphatic rings. The number of ether oxygens (including phenoxy) is 1. The number of halogens is 1. The molecule has 0 saturated carbocycles. The predicted octanol–water partition coefficient (Wildman–Crippen LogP) is 2.05. The lowest BCUT2D eigenvalue weighted by atomic mass is 10.2. The van der Waals surface area contributed by atoms with Gasteiger partial charge in [-0.3, -0.25) is 4.79 Å². The monoisotopic (exact) mass is 316 g/mol. The molecule has 0 atom stereocenters. The van der Waals surface area contributed by atoms with Gasteiger partial charge in [0.2, 0.25) is 0 Å². The minimum Gasteiger partial charge on any atom is -0.481 e. The summed E-state index contributed by atoms with van der Waals surface area (Å²) in [6, 6.07) is 11.7. The summed E-state index contributed by atoms with van der Waals surface area (Å²) in [5, 5.41) is 12.4. The van der Waals surface area contributed by atoms with Gasteiger partial charge >= 0.3 is 5.97 Å². The van der Waals surface area contributed by atoms with Gasteiger partial charge in [0.05, 0.1) is 6.21 Å². The van der Waals surface area contributed by atoms with Gasteiger partial charge < -0.3 is 9.84 Å². The topological polar surface area (TPSA) is 88.0 Å². The van der Waals surface area contributed by atoms with Crippen molar-refractivity contribution in [1.29, 1.82) is 0 Å². The van der Waals surface area contributed by atoms with E-state index in [1.165, 1.54) is 30.5 Å². The highest BCUT2D eigenvalue weighted by atomic mass is 19.1. The number of carbonyl (C=O) groups excluding carboxylic acids is 1. The van der Waals surface area contributed by atoms with E-state index in [1.54, 1.807) is 24.3 Å². The lowest BCUT2D eigenvalue weighted by molar-refractivity contribution is -0.139. The van der Waals surface area contributed by atoms with Crippen molar-refractivity contribution in [3.63, 3.8) is 0 Å². The van der Waals surface area contributed by atoms with E-state index in [0.717, 1.165) is 0 Å². The van der Waals surface area contributed by atoms with Gasteiger partial charge in [-0.15, -0.1) is 0 Å². The van der Waals surface area contributed by atoms with E-state index >= 15 is 0 Å². The molecule has 7 heteroatoms. The Labute approximate surface area is 131 Å². The smallest absolute Gasteiger partial charge is 0.341 e. The Morgan fingerprint density at radius 2 is 1.87 bits per heavy atom. The van der Waals surface area contributed by atoms with Crippen LogP contribution in [0.5, 0.6) is 5.75 Å². The highest BCUT2D eigenvalue weighted by Crippen LogP contribution is 2.15. The number of aliphatic carboxylic acids is 1. The van der Waals surface area contributed by atoms with Gasteiger partial charge in [-0.1, -0.05) is 12.1 Å². The third kappa shape index (κ3) is 4.92. The van der Waals surface area contributed by atoms with E-state index in [2.05, 4.69) is 10.5 Å². The summed E-state index contributed by atoms with van der Waals surface area (Å²) in [5.41, 5.74) is 3.07. The second-order valence-electron chi connectivity index (χ2n) is 4.43. The quantitative estimate of drug-likeness (QED) is 0.630. The Balaban J connectivity index is 2.01. The Morgan fingerprint density at radius 3 is 2.57 bits per heavy atom. The lowest BCUT2D eigenvalue weighted by Gasteiger charge is -2.06. The number of nitrogens with one attached hydrogen (secondary N) is 1. The van der Waals surface area contributed by atoms with Gasteiger partial charge in [0.25, 0.3) is 5.91 Å². The number of hydrogen-bond donors (Lipinski definition) is 2. The molecule has 0 aromatic heterocycles. The zero-order valence-electron chi connectivity index (χ0n) is 11.9. The number of nitrogens with zero attached hydrogens (tertiary/aromatic N) is 1. The maximum absolute atomic E-state index is 12.8. The van der Waals surface area contributed by atoms with Crippen molar-refractivity contribution < 1.29 is 23.8 Å². The molecule has 2 aromatic carbocycles. The van der Waals surface area contributed by atoms with E-state index < -0.39 is 24.3 Å². The molecule has 0 fully saturated rings. The molecule has 6 nitrogen and oxygen atoms in total. The van der Waals surface area contributed by atoms with Gasteiger partial charge in [0.15, 0.2) is 6.61 Å². The van der Waals surface area contributed by atoms with E-state index in [-0.39, 0.29) is 5.56 Å². The van der Waals surface area contributed by atoms with Crippen LogP contribution >= 0.6 is 0 Å². The molecule has 118 valence electrons. The first kappa shape index (κ1) is 16.2. The zero-order valence-corrected chi connectivity index (χ0v) is 11.9. The summed E-state index contributed by atoms with van der Waals surface area (Å²) in [4.78, 5) is 22.3. The SMILES string of the molecule is O=C(O)COc1ccccc1/C=N/NC(=O)c1ccc(F)cc1. The summed E-state index contributed by atoms with van der Waals surface area (Å²) in [6.07, 6.45) is 1.33. The summed E-state index contributed by atoms with van der Waals surface area (Å²) < 4.78 is 17.9. The second kappa shape index (κ2) is 7.69. The minimum atomic E-state index is -1.10. The van der Waals surface area contributed by atoms with Crippen LogP contribution in [0.15, 0.2) is 53.6 Å². The van der Waals surface area contributed by atoms with Crippen LogP contribution in [0, 0.1) is 5.82 Å². The molecule has 0 aliphatic heterocycles. The number of hydrogen-bond acceptors (Lipinski definition) is 4. The fourth-order valence-electron chi connectivity index (χ4n) is 1.68. The average molecular weight is 316 g/mol. The molecule has 2 N–H and O–H groups in total. The van der Waals surface area contributed by atoms with E-state index in [4.69, 9.17) is 9.84 Å². The van der Waals surface area contributed by atoms with Crippen LogP contribution in [0.3, 0.4) is 0 Å². The van der Waals surface area contributed by atoms with Crippen LogP contribution < -0.4 is 10.2 Å². The van der Waals surface area contributed by atoms with Gasteiger partial charge in [0.1, 0.15) is 11.6 Å². The Kier molecular flexibility index (Phi) is 5.40. The van der Waals surface area contributed by atoms with Gasteiger partial charge in [-0.05, 0) is 36.4 Å². The molecular formula is C16H13FN2O4. The molecule has 0 unspecified atom stereocenters. The first-order valence-electron chi connectivity index (χ1n) is 6.59. The third-order valence-corrected chi connectivity index (χ3v) is 2.75. The Hall–Kier alpha value is -3.22. The van der Waals surface area contributed by atoms with Crippen molar-refractivity contribution in [2.45, 2.75) is 0 Å². The summed E-state index contributed by atoms with van der Waals surface area (Å²) >= 11 is 0. The summed E-state index contributed by atoms with van der Waals surface area (Å²) in [5.74, 6) is -1.70. The first-order chi connectivity index (χ1) is 11.1. The zero-order chi connectivity index (χ0) is 16.7. The molecule has 0 radical (unpaired) electrons. The number of hydrazone groups is 1. The van der Waals surface area contributed by atoms with Gasteiger partial charge in [0, 0.05) is 11.1 Å². The number of rotatable bonds is 6. The molecule has 23 heavy (non-hydrogen) atoms. The van der Waals surface area contributed by atoms with Crippen molar-refractivity contribution in [2.75, 3.05) is 6.61 Å². The first-order valence-corrected chi connectivity index (χ1v) is 6.59. The molecule has 0 aliphatic carbocycles. The van der Waals surface area contributed by atoms with Gasteiger partial charge in [-0.2, -0.15) is 5.10 Å². The number of carboxylic acids is 1. The molecule has 0 heterocycles. The fraction of sp³-hybridized carbons (Fsp3) is 0.0625. The highest BCUT2D eigenvalue weighted by Gasteiger charge is 2.05. The third-order valence-electron chi connectivity index (χ3n) is 2.75. The molecular weight excluding hydrogens is 303 g/mol. The van der Waals surface area contributed by atoms with E-state index in [1.807, 2.05) is 0 Å². The average Bonchev–Trinajstić information content (AvgIpc) is 2.54. The number of carboxylic acid groups (broad SMARTS) is 1. The van der Waals surface area contributed by atoms with E-state index in [9.17, 15) is 14.0 Å². The van der Waals surface area contributed by atoms with Crippen molar-refractivity contribution in [2.24, 2.45) is 5.10 Å². The highest BCUT2D eigenvalue weighted by molar-refractivity contribution is 5.95. The lowest BCUT2D eigenvalue weighted by Crippen LogP contribution is -2.17. The fourth-order valence-corrected chi connectivity index (χ4v) is 1.68. The summed E-state index contributed by atoms with van der Waals surface area (Å²) in [7, 11) is 0. The number of para-hydroxylation sites is 1. The Morgan fingerprint density at radius 1 is 1.17 bits per heavy atom.